The Balaban J connectivity index is 0.000000540. The maximum atomic E-state index is 11.8. The van der Waals surface area contributed by atoms with Crippen LogP contribution in [0.2, 0.25) is 0 Å². The van der Waals surface area contributed by atoms with Crippen LogP contribution in [0.3, 0.4) is 0 Å². The number of carbonyl (C=O) groups is 2. The van der Waals surface area contributed by atoms with Crippen LogP contribution in [0.25, 0.3) is 0 Å². The summed E-state index contributed by atoms with van der Waals surface area (Å²) >= 11 is 0. The Hall–Kier alpha value is -3.48. The molecule has 1 unspecified atom stereocenters. The third-order valence-corrected chi connectivity index (χ3v) is 5.67. The fourth-order valence-corrected chi connectivity index (χ4v) is 4.16. The fourth-order valence-electron chi connectivity index (χ4n) is 3.59. The number of aliphatic carboxylic acids is 1. The Labute approximate surface area is 200 Å². The molecule has 1 fully saturated rings. The number of nitrogens with one attached hydrogen (secondary N) is 1. The number of benzene rings is 2. The van der Waals surface area contributed by atoms with Gasteiger partial charge in [-0.3, -0.25) is 4.72 Å². The number of rotatable bonds is 5. The van der Waals surface area contributed by atoms with Crippen molar-refractivity contribution >= 4 is 39.0 Å². The molecule has 1 saturated heterocycles. The third kappa shape index (κ3) is 8.05. The molecule has 0 aromatic heterocycles. The lowest BCUT2D eigenvalue weighted by Crippen LogP contribution is -2.52. The summed E-state index contributed by atoms with van der Waals surface area (Å²) in [5, 5.41) is 16.4. The molecule has 35 heavy (non-hydrogen) atoms. The summed E-state index contributed by atoms with van der Waals surface area (Å²) in [7, 11) is -3.53. The quantitative estimate of drug-likeness (QED) is 0.551. The second-order valence-electron chi connectivity index (χ2n) is 8.04. The molecule has 0 saturated carbocycles. The highest BCUT2D eigenvalue weighted by Crippen LogP contribution is 2.31. The lowest BCUT2D eigenvalue weighted by Gasteiger charge is -2.43. The van der Waals surface area contributed by atoms with Crippen molar-refractivity contribution in [1.82, 2.24) is 0 Å². The third-order valence-electron chi connectivity index (χ3n) is 5.08. The summed E-state index contributed by atoms with van der Waals surface area (Å²) in [6, 6.07) is 13.1. The van der Waals surface area contributed by atoms with Gasteiger partial charge in [0.25, 0.3) is 0 Å². The van der Waals surface area contributed by atoms with E-state index < -0.39 is 28.1 Å². The van der Waals surface area contributed by atoms with Gasteiger partial charge in [-0.05, 0) is 49.7 Å². The van der Waals surface area contributed by atoms with Gasteiger partial charge in [0, 0.05) is 31.4 Å². The molecule has 1 aliphatic heterocycles. The van der Waals surface area contributed by atoms with Crippen LogP contribution in [0.1, 0.15) is 22.8 Å². The first-order valence-corrected chi connectivity index (χ1v) is 12.2. The number of hydrogen-bond donors (Lipinski definition) is 3. The summed E-state index contributed by atoms with van der Waals surface area (Å²) in [5.74, 6) is -3.85. The number of alkyl halides is 3. The van der Waals surface area contributed by atoms with Crippen molar-refractivity contribution in [2.24, 2.45) is 0 Å². The van der Waals surface area contributed by atoms with Gasteiger partial charge < -0.3 is 20.0 Å². The number of hydrogen-bond acceptors (Lipinski definition) is 6. The minimum absolute atomic E-state index is 0.0429. The molecule has 13 heteroatoms. The van der Waals surface area contributed by atoms with Crippen molar-refractivity contribution in [3.05, 3.63) is 53.6 Å². The molecule has 3 N–H and O–H groups in total. The SMILES string of the molecule is Cc1cccc(N2CCN(c3ccc(C(=O)O)cc3NS(C)(=O)=O)CC2C)c1.O=C(O)C(F)(F)F. The first kappa shape index (κ1) is 27.8. The molecule has 2 aromatic rings. The minimum Gasteiger partial charge on any atom is -0.478 e. The molecule has 0 aliphatic carbocycles. The molecule has 0 radical (unpaired) electrons. The Bertz CT molecular complexity index is 1190. The van der Waals surface area contributed by atoms with E-state index in [0.717, 1.165) is 12.8 Å². The number of halogens is 3. The zero-order valence-electron chi connectivity index (χ0n) is 19.2. The molecular weight excluding hydrogens is 491 g/mol. The van der Waals surface area contributed by atoms with Crippen molar-refractivity contribution in [2.45, 2.75) is 26.1 Å². The number of aryl methyl sites for hydroxylation is 1. The van der Waals surface area contributed by atoms with Crippen molar-refractivity contribution in [3.63, 3.8) is 0 Å². The van der Waals surface area contributed by atoms with Gasteiger partial charge in [-0.1, -0.05) is 12.1 Å². The molecule has 0 amide bonds. The van der Waals surface area contributed by atoms with Crippen molar-refractivity contribution in [2.75, 3.05) is 40.4 Å². The van der Waals surface area contributed by atoms with Gasteiger partial charge in [-0.25, -0.2) is 18.0 Å². The number of anilines is 3. The van der Waals surface area contributed by atoms with Gasteiger partial charge in [0.05, 0.1) is 23.2 Å². The van der Waals surface area contributed by atoms with Crippen molar-refractivity contribution in [3.8, 4) is 0 Å². The first-order chi connectivity index (χ1) is 16.1. The van der Waals surface area contributed by atoms with Crippen LogP contribution in [0.5, 0.6) is 0 Å². The maximum Gasteiger partial charge on any atom is 0.490 e. The van der Waals surface area contributed by atoms with Crippen LogP contribution >= 0.6 is 0 Å². The summed E-state index contributed by atoms with van der Waals surface area (Å²) in [6.07, 6.45) is -4.03. The topological polar surface area (TPSA) is 127 Å². The average molecular weight is 518 g/mol. The molecule has 1 atom stereocenters. The van der Waals surface area contributed by atoms with E-state index in [2.05, 4.69) is 46.6 Å². The minimum atomic E-state index is -5.08. The second-order valence-corrected chi connectivity index (χ2v) is 9.79. The van der Waals surface area contributed by atoms with Crippen LogP contribution in [0.4, 0.5) is 30.2 Å². The maximum absolute atomic E-state index is 11.8. The van der Waals surface area contributed by atoms with Gasteiger partial charge >= 0.3 is 18.1 Å². The van der Waals surface area contributed by atoms with Crippen LogP contribution in [-0.4, -0.2) is 68.7 Å². The van der Waals surface area contributed by atoms with Crippen LogP contribution < -0.4 is 14.5 Å². The van der Waals surface area contributed by atoms with E-state index >= 15 is 0 Å². The lowest BCUT2D eigenvalue weighted by atomic mass is 10.1. The number of nitrogens with zero attached hydrogens (tertiary/aromatic N) is 2. The normalized spacial score (nSPS) is 16.2. The van der Waals surface area contributed by atoms with Gasteiger partial charge in [0.15, 0.2) is 0 Å². The molecule has 3 rings (SSSR count). The summed E-state index contributed by atoms with van der Waals surface area (Å²) in [4.78, 5) is 24.6. The standard InChI is InChI=1S/C20H25N3O4S.C2HF3O2/c1-14-5-4-6-17(11-14)23-10-9-22(13-15(23)2)19-8-7-16(20(24)25)12-18(19)21-28(3,26)27;3-2(4,5)1(6)7/h4-8,11-12,15,21H,9-10,13H2,1-3H3,(H,24,25);(H,6,7). The predicted molar refractivity (Wildman–Crippen MR) is 126 cm³/mol. The number of aromatic carboxylic acids is 1. The Morgan fingerprint density at radius 3 is 2.20 bits per heavy atom. The number of carboxylic acids is 2. The van der Waals surface area contributed by atoms with E-state index in [-0.39, 0.29) is 11.6 Å². The first-order valence-electron chi connectivity index (χ1n) is 10.3. The molecule has 1 aliphatic rings. The fraction of sp³-hybridized carbons (Fsp3) is 0.364. The Kier molecular flexibility index (Phi) is 8.60. The molecular formula is C22H26F3N3O6S. The monoisotopic (exact) mass is 517 g/mol. The van der Waals surface area contributed by atoms with E-state index in [9.17, 15) is 31.5 Å². The Morgan fingerprint density at radius 1 is 1.09 bits per heavy atom. The van der Waals surface area contributed by atoms with E-state index in [1.54, 1.807) is 6.07 Å². The number of piperazine rings is 1. The van der Waals surface area contributed by atoms with E-state index in [1.807, 2.05) is 6.07 Å². The van der Waals surface area contributed by atoms with Crippen molar-refractivity contribution in [1.29, 1.82) is 0 Å². The zero-order chi connectivity index (χ0) is 26.6. The smallest absolute Gasteiger partial charge is 0.478 e. The van der Waals surface area contributed by atoms with E-state index in [0.29, 0.717) is 24.5 Å². The second kappa shape index (κ2) is 10.8. The van der Waals surface area contributed by atoms with Gasteiger partial charge in [-0.2, -0.15) is 13.2 Å². The molecule has 0 spiro atoms. The van der Waals surface area contributed by atoms with Crippen LogP contribution in [0, 0.1) is 6.92 Å². The van der Waals surface area contributed by atoms with Crippen LogP contribution in [0.15, 0.2) is 42.5 Å². The van der Waals surface area contributed by atoms with E-state index in [1.165, 1.54) is 23.4 Å². The highest BCUT2D eigenvalue weighted by atomic mass is 32.2. The summed E-state index contributed by atoms with van der Waals surface area (Å²) in [5.41, 5.74) is 3.39. The summed E-state index contributed by atoms with van der Waals surface area (Å²) in [6.45, 7) is 6.37. The molecule has 2 aromatic carbocycles. The molecule has 1 heterocycles. The van der Waals surface area contributed by atoms with E-state index in [4.69, 9.17) is 9.90 Å². The summed E-state index contributed by atoms with van der Waals surface area (Å²) < 4.78 is 57.7. The molecule has 0 bridgehead atoms. The van der Waals surface area contributed by atoms with Gasteiger partial charge in [0.1, 0.15) is 0 Å². The highest BCUT2D eigenvalue weighted by molar-refractivity contribution is 7.92. The van der Waals surface area contributed by atoms with Crippen molar-refractivity contribution < 1.29 is 41.4 Å². The molecule has 9 nitrogen and oxygen atoms in total. The average Bonchev–Trinajstić information content (AvgIpc) is 2.72. The van der Waals surface area contributed by atoms with Gasteiger partial charge in [0.2, 0.25) is 10.0 Å². The Morgan fingerprint density at radius 2 is 1.71 bits per heavy atom. The predicted octanol–water partition coefficient (Wildman–Crippen LogP) is 3.41. The largest absolute Gasteiger partial charge is 0.490 e. The number of carboxylic acid groups (broad SMARTS) is 2. The zero-order valence-corrected chi connectivity index (χ0v) is 20.0. The molecule has 192 valence electrons. The highest BCUT2D eigenvalue weighted by Gasteiger charge is 2.38. The number of sulfonamides is 1. The van der Waals surface area contributed by atoms with Gasteiger partial charge in [-0.15, -0.1) is 0 Å². The lowest BCUT2D eigenvalue weighted by molar-refractivity contribution is -0.192. The van der Waals surface area contributed by atoms with Crippen LogP contribution in [-0.2, 0) is 14.8 Å².